The molecular weight excluding hydrogens is 803 g/mol. The summed E-state index contributed by atoms with van der Waals surface area (Å²) in [7, 11) is 0. The van der Waals surface area contributed by atoms with Crippen molar-refractivity contribution in [1.29, 1.82) is 0 Å². The van der Waals surface area contributed by atoms with Gasteiger partial charge in [0.1, 0.15) is 11.2 Å². The molecule has 13 aromatic rings. The molecule has 0 amide bonds. The first-order valence-electron chi connectivity index (χ1n) is 22.8. The fraction of sp³-hybridized carbons (Fsp3) is 0.0484. The molecule has 66 heavy (non-hydrogen) atoms. The number of fused-ring (bicyclic) bond motifs is 13. The Hall–Kier alpha value is -8.47. The van der Waals surface area contributed by atoms with Gasteiger partial charge in [-0.25, -0.2) is 15.0 Å². The number of furan rings is 1. The second-order valence-electron chi connectivity index (χ2n) is 17.8. The molecule has 4 heteroatoms. The molecule has 1 atom stereocenters. The highest BCUT2D eigenvalue weighted by Crippen LogP contribution is 2.47. The molecule has 11 aromatic carbocycles. The summed E-state index contributed by atoms with van der Waals surface area (Å²) in [5.74, 6) is 1.90. The zero-order valence-corrected chi connectivity index (χ0v) is 35.9. The van der Waals surface area contributed by atoms with E-state index in [9.17, 15) is 0 Å². The second-order valence-corrected chi connectivity index (χ2v) is 17.8. The minimum Gasteiger partial charge on any atom is -0.456 e. The monoisotopic (exact) mass is 841 g/mol. The highest BCUT2D eigenvalue weighted by molar-refractivity contribution is 6.15. The van der Waals surface area contributed by atoms with Crippen LogP contribution in [0.3, 0.4) is 0 Å². The maximum Gasteiger partial charge on any atom is 0.164 e. The zero-order chi connectivity index (χ0) is 43.3. The van der Waals surface area contributed by atoms with Gasteiger partial charge in [0.25, 0.3) is 0 Å². The summed E-state index contributed by atoms with van der Waals surface area (Å²) in [6.45, 7) is 0. The summed E-state index contributed by atoms with van der Waals surface area (Å²) in [5.41, 5.74) is 11.0. The van der Waals surface area contributed by atoms with Crippen LogP contribution in [0, 0.1) is 0 Å². The molecule has 1 aliphatic carbocycles. The van der Waals surface area contributed by atoms with Gasteiger partial charge in [-0.05, 0) is 131 Å². The molecule has 4 nitrogen and oxygen atoms in total. The zero-order valence-electron chi connectivity index (χ0n) is 35.9. The Labute approximate surface area is 380 Å². The fourth-order valence-corrected chi connectivity index (χ4v) is 11.1. The van der Waals surface area contributed by atoms with Crippen molar-refractivity contribution in [1.82, 2.24) is 15.0 Å². The van der Waals surface area contributed by atoms with E-state index < -0.39 is 0 Å². The maximum atomic E-state index is 6.72. The Balaban J connectivity index is 1.08. The number of aromatic nitrogens is 3. The average Bonchev–Trinajstić information content (AvgIpc) is 3.67. The lowest BCUT2D eigenvalue weighted by Gasteiger charge is -2.22. The van der Waals surface area contributed by atoms with E-state index in [1.165, 1.54) is 49.4 Å². The van der Waals surface area contributed by atoms with Gasteiger partial charge < -0.3 is 4.42 Å². The lowest BCUT2D eigenvalue weighted by Crippen LogP contribution is -2.07. The minimum absolute atomic E-state index is 0.0245. The van der Waals surface area contributed by atoms with Gasteiger partial charge in [-0.3, -0.25) is 0 Å². The van der Waals surface area contributed by atoms with Crippen molar-refractivity contribution in [2.45, 2.75) is 18.8 Å². The molecule has 1 unspecified atom stereocenters. The SMILES string of the molecule is c1ccc2c(c1)-c1cc3ccccc3cc1CCC2c1cc2c(cc1-c1nc(-c3cc4ccccc4c4ccccc34)nc(-c3cc4ccccc4c4ccccc34)n1)oc1ccccc12. The largest absolute Gasteiger partial charge is 0.456 e. The smallest absolute Gasteiger partial charge is 0.164 e. The van der Waals surface area contributed by atoms with Crippen LogP contribution in [0.1, 0.15) is 29.0 Å². The molecule has 0 fully saturated rings. The van der Waals surface area contributed by atoms with E-state index in [2.05, 4.69) is 200 Å². The lowest BCUT2D eigenvalue weighted by molar-refractivity contribution is 0.668. The van der Waals surface area contributed by atoms with Gasteiger partial charge in [-0.15, -0.1) is 0 Å². The van der Waals surface area contributed by atoms with Crippen LogP contribution in [-0.4, -0.2) is 15.0 Å². The van der Waals surface area contributed by atoms with E-state index in [1.54, 1.807) is 0 Å². The molecule has 14 rings (SSSR count). The van der Waals surface area contributed by atoms with E-state index in [4.69, 9.17) is 19.4 Å². The van der Waals surface area contributed by atoms with Gasteiger partial charge >= 0.3 is 0 Å². The van der Waals surface area contributed by atoms with E-state index >= 15 is 0 Å². The highest BCUT2D eigenvalue weighted by Gasteiger charge is 2.29. The van der Waals surface area contributed by atoms with E-state index in [1.807, 2.05) is 6.07 Å². The van der Waals surface area contributed by atoms with Crippen LogP contribution in [0.15, 0.2) is 211 Å². The Morgan fingerprint density at radius 2 is 0.803 bits per heavy atom. The average molecular weight is 842 g/mol. The topological polar surface area (TPSA) is 51.8 Å². The molecule has 2 heterocycles. The molecule has 0 saturated carbocycles. The van der Waals surface area contributed by atoms with Gasteiger partial charge in [0, 0.05) is 33.4 Å². The molecule has 0 aliphatic heterocycles. The first kappa shape index (κ1) is 37.0. The molecule has 1 aliphatic rings. The van der Waals surface area contributed by atoms with Gasteiger partial charge in [-0.1, -0.05) is 170 Å². The summed E-state index contributed by atoms with van der Waals surface area (Å²) in [5, 5.41) is 13.9. The number of para-hydroxylation sites is 1. The third-order valence-electron chi connectivity index (χ3n) is 14.1. The summed E-state index contributed by atoms with van der Waals surface area (Å²) < 4.78 is 6.72. The Morgan fingerprint density at radius 1 is 0.318 bits per heavy atom. The van der Waals surface area contributed by atoms with E-state index in [-0.39, 0.29) is 5.92 Å². The summed E-state index contributed by atoms with van der Waals surface area (Å²) >= 11 is 0. The lowest BCUT2D eigenvalue weighted by atomic mass is 9.82. The Morgan fingerprint density at radius 3 is 1.45 bits per heavy atom. The molecular formula is C62H39N3O. The van der Waals surface area contributed by atoms with Crippen LogP contribution in [0.4, 0.5) is 0 Å². The number of benzene rings is 11. The van der Waals surface area contributed by atoms with Crippen LogP contribution < -0.4 is 0 Å². The maximum absolute atomic E-state index is 6.72. The summed E-state index contributed by atoms with van der Waals surface area (Å²) in [6.07, 6.45) is 1.83. The number of hydrogen-bond donors (Lipinski definition) is 0. The van der Waals surface area contributed by atoms with Gasteiger partial charge in [0.05, 0.1) is 0 Å². The predicted molar refractivity (Wildman–Crippen MR) is 273 cm³/mol. The van der Waals surface area contributed by atoms with E-state index in [0.717, 1.165) is 83.8 Å². The number of aryl methyl sites for hydroxylation is 1. The van der Waals surface area contributed by atoms with Crippen LogP contribution >= 0.6 is 0 Å². The van der Waals surface area contributed by atoms with Gasteiger partial charge in [0.15, 0.2) is 17.5 Å². The van der Waals surface area contributed by atoms with Crippen LogP contribution in [0.5, 0.6) is 0 Å². The fourth-order valence-electron chi connectivity index (χ4n) is 11.1. The van der Waals surface area contributed by atoms with Gasteiger partial charge in [0.2, 0.25) is 0 Å². The predicted octanol–water partition coefficient (Wildman–Crippen LogP) is 16.3. The van der Waals surface area contributed by atoms with Crippen molar-refractivity contribution in [3.8, 4) is 45.3 Å². The first-order chi connectivity index (χ1) is 32.7. The molecule has 308 valence electrons. The Bertz CT molecular complexity index is 4010. The number of rotatable bonds is 4. The molecule has 0 bridgehead atoms. The molecule has 0 spiro atoms. The summed E-state index contributed by atoms with van der Waals surface area (Å²) in [6, 6.07) is 74.5. The third-order valence-corrected chi connectivity index (χ3v) is 14.1. The van der Waals surface area contributed by atoms with Crippen molar-refractivity contribution >= 4 is 75.8 Å². The van der Waals surface area contributed by atoms with Crippen molar-refractivity contribution in [2.75, 3.05) is 0 Å². The number of hydrogen-bond acceptors (Lipinski definition) is 4. The van der Waals surface area contributed by atoms with Crippen LogP contribution in [-0.2, 0) is 6.42 Å². The van der Waals surface area contributed by atoms with E-state index in [0.29, 0.717) is 17.5 Å². The third kappa shape index (κ3) is 5.75. The second kappa shape index (κ2) is 14.5. The van der Waals surface area contributed by atoms with Gasteiger partial charge in [-0.2, -0.15) is 0 Å². The van der Waals surface area contributed by atoms with Crippen molar-refractivity contribution < 1.29 is 4.42 Å². The quantitative estimate of drug-likeness (QED) is 0.166. The molecule has 0 saturated heterocycles. The molecule has 2 aromatic heterocycles. The van der Waals surface area contributed by atoms with Crippen molar-refractivity contribution in [3.63, 3.8) is 0 Å². The Kier molecular flexibility index (Phi) is 8.14. The number of nitrogens with zero attached hydrogens (tertiary/aromatic N) is 3. The molecule has 0 N–H and O–H groups in total. The van der Waals surface area contributed by atoms with Crippen LogP contribution in [0.25, 0.3) is 121 Å². The standard InChI is InChI=1S/C62H39N3O/c1-2-16-38-32-52-41(31-37(38)15-1)29-30-50(46-23-9-10-24-47(46)52)53-35-54-51-27-13-14-28-58(51)66-59(54)36-57(53)62-64-60(55-33-39-17-3-5-19-42(39)44-21-7-11-25-48(44)55)63-61(65-62)56-34-40-18-4-6-20-43(40)45-22-8-12-26-49(45)56/h1-28,31-36,50H,29-30H2. The normalized spacial score (nSPS) is 13.8. The first-order valence-corrected chi connectivity index (χ1v) is 22.8. The molecule has 0 radical (unpaired) electrons. The van der Waals surface area contributed by atoms with Crippen molar-refractivity contribution in [2.24, 2.45) is 0 Å². The highest BCUT2D eigenvalue weighted by atomic mass is 16.3. The van der Waals surface area contributed by atoms with Crippen molar-refractivity contribution in [3.05, 3.63) is 223 Å². The minimum atomic E-state index is 0.0245. The summed E-state index contributed by atoms with van der Waals surface area (Å²) in [4.78, 5) is 16.7. The van der Waals surface area contributed by atoms with Crippen LogP contribution in [0.2, 0.25) is 0 Å².